The number of carbonyl (C=O) groups excluding carboxylic acids is 3. The molecule has 11 nitrogen and oxygen atoms in total. The number of ketones is 1. The molecule has 2 aromatic heterocycles. The van der Waals surface area contributed by atoms with Crippen LogP contribution in [0.5, 0.6) is 17.4 Å². The van der Waals surface area contributed by atoms with Crippen LogP contribution in [0.2, 0.25) is 5.02 Å². The van der Waals surface area contributed by atoms with E-state index in [2.05, 4.69) is 15.5 Å². The van der Waals surface area contributed by atoms with Gasteiger partial charge in [0.25, 0.3) is 5.91 Å². The van der Waals surface area contributed by atoms with Crippen LogP contribution in [0.25, 0.3) is 21.7 Å². The molecule has 0 radical (unpaired) electrons. The minimum absolute atomic E-state index is 0.106. The number of carbonyl (C=O) groups is 3. The number of nitrogens with zero attached hydrogens (tertiary/aromatic N) is 3. The third-order valence-electron chi connectivity index (χ3n) is 6.37. The third-order valence-corrected chi connectivity index (χ3v) is 6.60. The molecule has 2 heterocycles. The van der Waals surface area contributed by atoms with Crippen molar-refractivity contribution in [1.29, 1.82) is 0 Å². The number of fused-ring (bicyclic) bond motifs is 2. The number of aliphatic hydroxyl groups is 1. The zero-order valence-electron chi connectivity index (χ0n) is 21.7. The predicted octanol–water partition coefficient (Wildman–Crippen LogP) is 3.50. The molecular weight excluding hydrogens is 550 g/mol. The molecule has 0 fully saturated rings. The zero-order valence-corrected chi connectivity index (χ0v) is 22.5. The minimum atomic E-state index is -1.37. The van der Waals surface area contributed by atoms with Crippen molar-refractivity contribution in [3.8, 4) is 17.4 Å². The number of hydrogen-bond donors (Lipinski definition) is 3. The Hall–Kier alpha value is -5.00. The van der Waals surface area contributed by atoms with Crippen molar-refractivity contribution in [2.75, 3.05) is 13.7 Å². The largest absolute Gasteiger partial charge is 0.485 e. The summed E-state index contributed by atoms with van der Waals surface area (Å²) in [5.41, 5.74) is 6.49. The number of benzene rings is 3. The van der Waals surface area contributed by atoms with Crippen LogP contribution in [0, 0.1) is 0 Å². The first-order chi connectivity index (χ1) is 19.7. The van der Waals surface area contributed by atoms with Gasteiger partial charge in [-0.3, -0.25) is 14.4 Å². The number of hydrogen-bond acceptors (Lipinski definition) is 8. The number of aliphatic hydroxyl groups excluding tert-OH is 1. The van der Waals surface area contributed by atoms with Crippen molar-refractivity contribution >= 4 is 50.9 Å². The number of primary amides is 1. The summed E-state index contributed by atoms with van der Waals surface area (Å²) in [6.45, 7) is -0.535. The Bertz CT molecular complexity index is 1790. The van der Waals surface area contributed by atoms with Gasteiger partial charge in [-0.2, -0.15) is 5.10 Å². The smallest absolute Gasteiger partial charge is 0.252 e. The van der Waals surface area contributed by atoms with Crippen molar-refractivity contribution in [3.05, 3.63) is 89.2 Å². The minimum Gasteiger partial charge on any atom is -0.485 e. The van der Waals surface area contributed by atoms with Gasteiger partial charge in [0, 0.05) is 47.5 Å². The van der Waals surface area contributed by atoms with Crippen LogP contribution in [-0.2, 0) is 11.3 Å². The molecule has 0 saturated carbocycles. The van der Waals surface area contributed by atoms with Crippen LogP contribution in [0.1, 0.15) is 20.7 Å². The number of nitrogens with one attached hydrogen (secondary N) is 1. The van der Waals surface area contributed by atoms with Crippen LogP contribution in [0.3, 0.4) is 0 Å². The van der Waals surface area contributed by atoms with Gasteiger partial charge >= 0.3 is 0 Å². The highest BCUT2D eigenvalue weighted by atomic mass is 35.5. The van der Waals surface area contributed by atoms with Gasteiger partial charge in [-0.25, -0.2) is 0 Å². The quantitative estimate of drug-likeness (QED) is 0.214. The van der Waals surface area contributed by atoms with Gasteiger partial charge in [-0.1, -0.05) is 17.7 Å². The molecule has 4 N–H and O–H groups in total. The molecule has 0 bridgehead atoms. The van der Waals surface area contributed by atoms with Gasteiger partial charge in [-0.15, -0.1) is 5.10 Å². The molecule has 3 aromatic carbocycles. The Balaban J connectivity index is 1.47. The number of aromatic nitrogens is 3. The summed E-state index contributed by atoms with van der Waals surface area (Å²) in [5, 5.41) is 23.0. The second kappa shape index (κ2) is 11.6. The molecule has 0 spiro atoms. The van der Waals surface area contributed by atoms with E-state index < -0.39 is 30.3 Å². The summed E-state index contributed by atoms with van der Waals surface area (Å²) in [6, 6.07) is 16.7. The number of ether oxygens (including phenoxy) is 2. The monoisotopic (exact) mass is 573 g/mol. The summed E-state index contributed by atoms with van der Waals surface area (Å²) in [5.74, 6) is -0.875. The average Bonchev–Trinajstić information content (AvgIpc) is 3.32. The van der Waals surface area contributed by atoms with Gasteiger partial charge in [0.15, 0.2) is 12.7 Å². The van der Waals surface area contributed by atoms with Gasteiger partial charge < -0.3 is 30.2 Å². The molecule has 0 aliphatic carbocycles. The maximum Gasteiger partial charge on any atom is 0.252 e. The Morgan fingerprint density at radius 3 is 2.63 bits per heavy atom. The van der Waals surface area contributed by atoms with Crippen LogP contribution in [-0.4, -0.2) is 57.2 Å². The van der Waals surface area contributed by atoms with Gasteiger partial charge in [-0.05, 0) is 53.2 Å². The molecule has 208 valence electrons. The number of nitrogens with two attached hydrogens (primary N) is 1. The van der Waals surface area contributed by atoms with Crippen molar-refractivity contribution in [1.82, 2.24) is 20.1 Å². The summed E-state index contributed by atoms with van der Waals surface area (Å²) in [4.78, 5) is 37.6. The molecule has 0 aliphatic heterocycles. The van der Waals surface area contributed by atoms with Crippen molar-refractivity contribution in [2.24, 2.45) is 5.73 Å². The SMILES string of the molecule is CNC(=O)C(O)Cn1cc(C(=O)COc2cc3ccc(Cl)cc3cc2C(N)=O)c2ccc(Oc3cccnn3)cc21. The number of likely N-dealkylation sites (N-methyl/N-ethyl adjacent to an activating group) is 1. The second-order valence-electron chi connectivity index (χ2n) is 9.08. The fourth-order valence-corrected chi connectivity index (χ4v) is 4.57. The Morgan fingerprint density at radius 1 is 1.07 bits per heavy atom. The lowest BCUT2D eigenvalue weighted by Crippen LogP contribution is -2.34. The molecule has 1 atom stereocenters. The molecule has 5 rings (SSSR count). The summed E-state index contributed by atoms with van der Waals surface area (Å²) in [7, 11) is 1.42. The number of rotatable bonds is 10. The Labute approximate surface area is 238 Å². The number of Topliss-reactive ketones (excluding diaryl/α,β-unsaturated/α-hetero) is 1. The molecule has 12 heteroatoms. The van der Waals surface area contributed by atoms with E-state index in [9.17, 15) is 19.5 Å². The molecule has 2 amide bonds. The van der Waals surface area contributed by atoms with Crippen LogP contribution in [0.4, 0.5) is 0 Å². The van der Waals surface area contributed by atoms with E-state index in [-0.39, 0.29) is 29.3 Å². The highest BCUT2D eigenvalue weighted by Crippen LogP contribution is 2.31. The summed E-state index contributed by atoms with van der Waals surface area (Å²) >= 11 is 6.07. The lowest BCUT2D eigenvalue weighted by molar-refractivity contribution is -0.129. The van der Waals surface area contributed by atoms with Crippen LogP contribution < -0.4 is 20.5 Å². The van der Waals surface area contributed by atoms with E-state index in [4.69, 9.17) is 26.8 Å². The third kappa shape index (κ3) is 5.96. The standard InChI is InChI=1S/C29H24ClN5O6/c1-32-29(39)24(36)14-35-13-22(20-7-6-19(12-23(20)35)41-27-3-2-8-33-34-27)25(37)15-40-26-11-16-4-5-18(30)9-17(16)10-21(26)28(31)38/h2-13,24,36H,14-15H2,1H3,(H2,31,38)(H,32,39). The highest BCUT2D eigenvalue weighted by molar-refractivity contribution is 6.31. The Morgan fingerprint density at radius 2 is 1.90 bits per heavy atom. The lowest BCUT2D eigenvalue weighted by atomic mass is 10.1. The van der Waals surface area contributed by atoms with E-state index in [0.717, 1.165) is 5.39 Å². The topological polar surface area (TPSA) is 159 Å². The van der Waals surface area contributed by atoms with E-state index in [1.807, 2.05) is 0 Å². The predicted molar refractivity (Wildman–Crippen MR) is 151 cm³/mol. The Kier molecular flexibility index (Phi) is 7.81. The maximum atomic E-state index is 13.4. The maximum absolute atomic E-state index is 13.4. The molecule has 5 aromatic rings. The van der Waals surface area contributed by atoms with Crippen LogP contribution >= 0.6 is 11.6 Å². The normalized spacial score (nSPS) is 11.8. The summed E-state index contributed by atoms with van der Waals surface area (Å²) < 4.78 is 13.2. The second-order valence-corrected chi connectivity index (χ2v) is 9.52. The fourth-order valence-electron chi connectivity index (χ4n) is 4.39. The van der Waals surface area contributed by atoms with Gasteiger partial charge in [0.05, 0.1) is 17.6 Å². The lowest BCUT2D eigenvalue weighted by Gasteiger charge is -2.12. The average molecular weight is 574 g/mol. The van der Waals surface area contributed by atoms with Crippen molar-refractivity contribution in [2.45, 2.75) is 12.6 Å². The molecule has 0 saturated heterocycles. The molecule has 41 heavy (non-hydrogen) atoms. The van der Waals surface area contributed by atoms with Gasteiger partial charge in [0.2, 0.25) is 17.6 Å². The first kappa shape index (κ1) is 27.6. The number of amides is 2. The summed E-state index contributed by atoms with van der Waals surface area (Å²) in [6.07, 6.45) is 1.68. The van der Waals surface area contributed by atoms with Crippen molar-refractivity contribution in [3.63, 3.8) is 0 Å². The van der Waals surface area contributed by atoms with Gasteiger partial charge in [0.1, 0.15) is 11.5 Å². The zero-order chi connectivity index (χ0) is 29.1. The molecular formula is C29H24ClN5O6. The first-order valence-electron chi connectivity index (χ1n) is 12.4. The van der Waals surface area contributed by atoms with Crippen molar-refractivity contribution < 1.29 is 29.0 Å². The van der Waals surface area contributed by atoms with E-state index in [1.165, 1.54) is 19.4 Å². The molecule has 1 unspecified atom stereocenters. The first-order valence-corrected chi connectivity index (χ1v) is 12.8. The van der Waals surface area contributed by atoms with E-state index >= 15 is 0 Å². The number of halogens is 1. The fraction of sp³-hybridized carbons (Fsp3) is 0.138. The van der Waals surface area contributed by atoms with Crippen LogP contribution in [0.15, 0.2) is 73.1 Å². The van der Waals surface area contributed by atoms with E-state index in [0.29, 0.717) is 27.1 Å². The highest BCUT2D eigenvalue weighted by Gasteiger charge is 2.21. The van der Waals surface area contributed by atoms with E-state index in [1.54, 1.807) is 65.2 Å². The molecule has 0 aliphatic rings.